The molecule has 0 aliphatic carbocycles. The Morgan fingerprint density at radius 1 is 1.21 bits per heavy atom. The van der Waals surface area contributed by atoms with E-state index in [1.54, 1.807) is 30.3 Å². The number of carboxylic acids is 1. The summed E-state index contributed by atoms with van der Waals surface area (Å²) < 4.78 is 0.744. The van der Waals surface area contributed by atoms with Crippen LogP contribution in [0.25, 0.3) is 0 Å². The van der Waals surface area contributed by atoms with Crippen LogP contribution in [-0.2, 0) is 0 Å². The van der Waals surface area contributed by atoms with Crippen molar-refractivity contribution < 1.29 is 9.90 Å². The van der Waals surface area contributed by atoms with Crippen LogP contribution >= 0.6 is 27.5 Å². The molecule has 0 aliphatic rings. The summed E-state index contributed by atoms with van der Waals surface area (Å²) in [5.74, 6) is -1.04. The molecule has 2 rings (SSSR count). The molecule has 0 heterocycles. The van der Waals surface area contributed by atoms with Crippen LogP contribution < -0.4 is 11.1 Å². The lowest BCUT2D eigenvalue weighted by Crippen LogP contribution is -2.04. The minimum absolute atomic E-state index is 0.113. The second-order valence-electron chi connectivity index (χ2n) is 3.86. The van der Waals surface area contributed by atoms with E-state index in [0.717, 1.165) is 10.2 Å². The minimum Gasteiger partial charge on any atom is -0.478 e. The Morgan fingerprint density at radius 2 is 1.89 bits per heavy atom. The van der Waals surface area contributed by atoms with Crippen LogP contribution in [0.4, 0.5) is 17.1 Å². The Labute approximate surface area is 123 Å². The molecule has 0 saturated heterocycles. The molecule has 2 aromatic carbocycles. The van der Waals surface area contributed by atoms with Crippen molar-refractivity contribution in [1.29, 1.82) is 0 Å². The lowest BCUT2D eigenvalue weighted by Gasteiger charge is -2.12. The summed E-state index contributed by atoms with van der Waals surface area (Å²) in [6.07, 6.45) is 0. The highest BCUT2D eigenvalue weighted by Crippen LogP contribution is 2.30. The third-order valence-corrected chi connectivity index (χ3v) is 3.37. The summed E-state index contributed by atoms with van der Waals surface area (Å²) in [6, 6.07) is 9.87. The fourth-order valence-corrected chi connectivity index (χ4v) is 2.37. The van der Waals surface area contributed by atoms with Crippen molar-refractivity contribution >= 4 is 50.6 Å². The number of anilines is 3. The molecule has 0 fully saturated rings. The van der Waals surface area contributed by atoms with Gasteiger partial charge in [0.2, 0.25) is 0 Å². The van der Waals surface area contributed by atoms with Gasteiger partial charge in [0.15, 0.2) is 0 Å². The van der Waals surface area contributed by atoms with Crippen molar-refractivity contribution in [3.05, 3.63) is 51.5 Å². The van der Waals surface area contributed by atoms with Crippen LogP contribution in [0.5, 0.6) is 0 Å². The van der Waals surface area contributed by atoms with Crippen molar-refractivity contribution in [2.75, 3.05) is 11.1 Å². The van der Waals surface area contributed by atoms with E-state index >= 15 is 0 Å². The smallest absolute Gasteiger partial charge is 0.337 e. The molecule has 0 saturated carbocycles. The van der Waals surface area contributed by atoms with E-state index in [-0.39, 0.29) is 5.56 Å². The molecular formula is C13H10BrClN2O2. The van der Waals surface area contributed by atoms with Gasteiger partial charge in [0.05, 0.1) is 16.9 Å². The van der Waals surface area contributed by atoms with Gasteiger partial charge >= 0.3 is 5.97 Å². The maximum absolute atomic E-state index is 11.2. The standard InChI is InChI=1S/C13H10BrClN2O2/c14-10-5-7(15)1-3-12(10)17-11-4-2-8(16)6-9(11)13(18)19/h1-6,17H,16H2,(H,18,19). The zero-order valence-corrected chi connectivity index (χ0v) is 12.0. The Kier molecular flexibility index (Phi) is 3.97. The number of hydrogen-bond donors (Lipinski definition) is 3. The fourth-order valence-electron chi connectivity index (χ4n) is 1.58. The number of aromatic carboxylic acids is 1. The number of rotatable bonds is 3. The van der Waals surface area contributed by atoms with Crippen LogP contribution in [0.2, 0.25) is 5.02 Å². The van der Waals surface area contributed by atoms with Crippen molar-refractivity contribution in [2.24, 2.45) is 0 Å². The second kappa shape index (κ2) is 5.50. The van der Waals surface area contributed by atoms with Crippen LogP contribution in [0.1, 0.15) is 10.4 Å². The maximum Gasteiger partial charge on any atom is 0.337 e. The topological polar surface area (TPSA) is 75.3 Å². The van der Waals surface area contributed by atoms with Gasteiger partial charge in [-0.2, -0.15) is 0 Å². The Bertz CT molecular complexity index is 647. The average Bonchev–Trinajstić information content (AvgIpc) is 2.34. The summed E-state index contributed by atoms with van der Waals surface area (Å²) >= 11 is 9.22. The number of nitrogens with one attached hydrogen (secondary N) is 1. The predicted octanol–water partition coefficient (Wildman–Crippen LogP) is 4.13. The molecule has 0 unspecified atom stereocenters. The quantitative estimate of drug-likeness (QED) is 0.734. The van der Waals surface area contributed by atoms with Crippen molar-refractivity contribution in [3.63, 3.8) is 0 Å². The molecule has 0 bridgehead atoms. The van der Waals surface area contributed by atoms with E-state index in [0.29, 0.717) is 16.4 Å². The zero-order chi connectivity index (χ0) is 14.0. The number of hydrogen-bond acceptors (Lipinski definition) is 3. The molecule has 0 radical (unpaired) electrons. The highest BCUT2D eigenvalue weighted by atomic mass is 79.9. The van der Waals surface area contributed by atoms with Crippen molar-refractivity contribution in [3.8, 4) is 0 Å². The predicted molar refractivity (Wildman–Crippen MR) is 80.2 cm³/mol. The highest BCUT2D eigenvalue weighted by Gasteiger charge is 2.11. The molecule has 0 atom stereocenters. The number of carbonyl (C=O) groups is 1. The monoisotopic (exact) mass is 340 g/mol. The summed E-state index contributed by atoms with van der Waals surface area (Å²) in [5, 5.41) is 12.8. The van der Waals surface area contributed by atoms with Gasteiger partial charge in [0.1, 0.15) is 0 Å². The third kappa shape index (κ3) is 3.19. The molecule has 6 heteroatoms. The van der Waals surface area contributed by atoms with E-state index in [1.165, 1.54) is 6.07 Å². The minimum atomic E-state index is -1.04. The van der Waals surface area contributed by atoms with Gasteiger partial charge in [0.25, 0.3) is 0 Å². The molecular weight excluding hydrogens is 332 g/mol. The first-order chi connectivity index (χ1) is 8.97. The largest absolute Gasteiger partial charge is 0.478 e. The summed E-state index contributed by atoms with van der Waals surface area (Å²) in [7, 11) is 0. The van der Waals surface area contributed by atoms with Crippen LogP contribution in [-0.4, -0.2) is 11.1 Å². The number of benzene rings is 2. The third-order valence-electron chi connectivity index (χ3n) is 2.47. The first-order valence-electron chi connectivity index (χ1n) is 5.32. The van der Waals surface area contributed by atoms with Gasteiger partial charge in [0, 0.05) is 15.2 Å². The SMILES string of the molecule is Nc1ccc(Nc2ccc(Cl)cc2Br)c(C(=O)O)c1. The van der Waals surface area contributed by atoms with E-state index < -0.39 is 5.97 Å². The molecule has 98 valence electrons. The van der Waals surface area contributed by atoms with Crippen LogP contribution in [0.15, 0.2) is 40.9 Å². The lowest BCUT2D eigenvalue weighted by molar-refractivity contribution is 0.0698. The van der Waals surface area contributed by atoms with Crippen LogP contribution in [0, 0.1) is 0 Å². The van der Waals surface area contributed by atoms with E-state index in [1.807, 2.05) is 0 Å². The maximum atomic E-state index is 11.2. The molecule has 4 N–H and O–H groups in total. The molecule has 0 aromatic heterocycles. The molecule has 0 aliphatic heterocycles. The fraction of sp³-hybridized carbons (Fsp3) is 0. The van der Waals surface area contributed by atoms with Gasteiger partial charge < -0.3 is 16.2 Å². The molecule has 4 nitrogen and oxygen atoms in total. The lowest BCUT2D eigenvalue weighted by atomic mass is 10.1. The Morgan fingerprint density at radius 3 is 2.53 bits per heavy atom. The second-order valence-corrected chi connectivity index (χ2v) is 5.15. The molecule has 0 spiro atoms. The number of nitrogen functional groups attached to an aromatic ring is 1. The Balaban J connectivity index is 2.40. The zero-order valence-electron chi connectivity index (χ0n) is 9.65. The van der Waals surface area contributed by atoms with E-state index in [4.69, 9.17) is 22.4 Å². The summed E-state index contributed by atoms with van der Waals surface area (Å²) in [6.45, 7) is 0. The summed E-state index contributed by atoms with van der Waals surface area (Å²) in [4.78, 5) is 11.2. The van der Waals surface area contributed by atoms with E-state index in [9.17, 15) is 4.79 Å². The molecule has 2 aromatic rings. The number of carboxylic acid groups (broad SMARTS) is 1. The van der Waals surface area contributed by atoms with Crippen molar-refractivity contribution in [2.45, 2.75) is 0 Å². The normalized spacial score (nSPS) is 10.2. The molecule has 0 amide bonds. The number of nitrogens with two attached hydrogens (primary N) is 1. The van der Waals surface area contributed by atoms with Crippen molar-refractivity contribution in [1.82, 2.24) is 0 Å². The van der Waals surface area contributed by atoms with Gasteiger partial charge in [-0.05, 0) is 52.3 Å². The first-order valence-corrected chi connectivity index (χ1v) is 6.49. The van der Waals surface area contributed by atoms with Crippen LogP contribution in [0.3, 0.4) is 0 Å². The Hall–Kier alpha value is -1.72. The van der Waals surface area contributed by atoms with Gasteiger partial charge in [-0.15, -0.1) is 0 Å². The first kappa shape index (κ1) is 13.7. The average molecular weight is 342 g/mol. The summed E-state index contributed by atoms with van der Waals surface area (Å²) in [5.41, 5.74) is 7.29. The van der Waals surface area contributed by atoms with E-state index in [2.05, 4.69) is 21.2 Å². The van der Waals surface area contributed by atoms with Gasteiger partial charge in [-0.1, -0.05) is 11.6 Å². The molecule has 19 heavy (non-hydrogen) atoms. The number of halogens is 2. The van der Waals surface area contributed by atoms with Gasteiger partial charge in [-0.3, -0.25) is 0 Å². The highest BCUT2D eigenvalue weighted by molar-refractivity contribution is 9.10. The van der Waals surface area contributed by atoms with Gasteiger partial charge in [-0.25, -0.2) is 4.79 Å².